The number of carbonyl (C=O) groups is 2. The van der Waals surface area contributed by atoms with Crippen LogP contribution in [0.3, 0.4) is 0 Å². The Hall–Kier alpha value is -2.28. The number of anilines is 1. The number of rotatable bonds is 5. The zero-order chi connectivity index (χ0) is 15.1. The molecule has 1 aliphatic rings. The van der Waals surface area contributed by atoms with Crippen LogP contribution in [0.5, 0.6) is 5.75 Å². The lowest BCUT2D eigenvalue weighted by Gasteiger charge is -2.26. The van der Waals surface area contributed by atoms with Crippen molar-refractivity contribution in [1.82, 2.24) is 4.90 Å². The molecule has 114 valence electrons. The predicted octanol–water partition coefficient (Wildman–Crippen LogP) is 0.0496. The monoisotopic (exact) mass is 294 g/mol. The summed E-state index contributed by atoms with van der Waals surface area (Å²) < 4.78 is 15.3. The van der Waals surface area contributed by atoms with Crippen molar-refractivity contribution >= 4 is 17.6 Å². The highest BCUT2D eigenvalue weighted by Gasteiger charge is 2.18. The van der Waals surface area contributed by atoms with Crippen LogP contribution in [0, 0.1) is 0 Å². The second-order valence-corrected chi connectivity index (χ2v) is 4.48. The predicted molar refractivity (Wildman–Crippen MR) is 74.7 cm³/mol. The third-order valence-corrected chi connectivity index (χ3v) is 2.98. The molecule has 1 heterocycles. The summed E-state index contributed by atoms with van der Waals surface area (Å²) in [6.07, 6.45) is 0. The molecule has 0 radical (unpaired) electrons. The van der Waals surface area contributed by atoms with Crippen LogP contribution in [0.1, 0.15) is 0 Å². The van der Waals surface area contributed by atoms with Gasteiger partial charge in [0.2, 0.25) is 0 Å². The van der Waals surface area contributed by atoms with Gasteiger partial charge in [0.25, 0.3) is 5.91 Å². The number of amides is 1. The highest BCUT2D eigenvalue weighted by atomic mass is 16.6. The van der Waals surface area contributed by atoms with Gasteiger partial charge >= 0.3 is 5.97 Å². The van der Waals surface area contributed by atoms with Crippen LogP contribution in [0.25, 0.3) is 0 Å². The van der Waals surface area contributed by atoms with Gasteiger partial charge in [-0.1, -0.05) is 12.1 Å². The molecule has 7 heteroatoms. The molecule has 1 aliphatic heterocycles. The summed E-state index contributed by atoms with van der Waals surface area (Å²) in [5, 5.41) is 0. The van der Waals surface area contributed by atoms with Crippen LogP contribution in [0.4, 0.5) is 5.69 Å². The van der Waals surface area contributed by atoms with E-state index < -0.39 is 5.97 Å². The zero-order valence-corrected chi connectivity index (χ0v) is 11.6. The number of nitrogens with two attached hydrogens (primary N) is 1. The molecule has 1 aromatic carbocycles. The molecule has 0 spiro atoms. The lowest BCUT2D eigenvalue weighted by molar-refractivity contribution is -0.155. The number of para-hydroxylation sites is 2. The standard InChI is InChI=1S/C14H18N2O5/c15-11-3-1-2-4-12(11)20-10-14(18)21-9-13(17)16-5-7-19-8-6-16/h1-4H,5-10,15H2. The molecule has 1 amide bonds. The molecule has 0 saturated carbocycles. The van der Waals surface area contributed by atoms with Crippen molar-refractivity contribution in [3.63, 3.8) is 0 Å². The van der Waals surface area contributed by atoms with Gasteiger partial charge in [0.1, 0.15) is 5.75 Å². The van der Waals surface area contributed by atoms with Crippen LogP contribution < -0.4 is 10.5 Å². The average molecular weight is 294 g/mol. The van der Waals surface area contributed by atoms with Gasteiger partial charge in [-0.15, -0.1) is 0 Å². The number of hydrogen-bond donors (Lipinski definition) is 1. The molecule has 0 unspecified atom stereocenters. The summed E-state index contributed by atoms with van der Waals surface area (Å²) in [7, 11) is 0. The third-order valence-electron chi connectivity index (χ3n) is 2.98. The first kappa shape index (κ1) is 15.1. The average Bonchev–Trinajstić information content (AvgIpc) is 2.52. The largest absolute Gasteiger partial charge is 0.480 e. The van der Waals surface area contributed by atoms with Gasteiger partial charge in [-0.25, -0.2) is 4.79 Å². The quantitative estimate of drug-likeness (QED) is 0.609. The van der Waals surface area contributed by atoms with Crippen molar-refractivity contribution in [3.8, 4) is 5.75 Å². The van der Waals surface area contributed by atoms with E-state index in [2.05, 4.69) is 0 Å². The maximum atomic E-state index is 11.8. The number of nitrogen functional groups attached to an aromatic ring is 1. The maximum Gasteiger partial charge on any atom is 0.344 e. The van der Waals surface area contributed by atoms with Crippen LogP contribution in [-0.2, 0) is 19.1 Å². The van der Waals surface area contributed by atoms with Crippen molar-refractivity contribution in [1.29, 1.82) is 0 Å². The minimum atomic E-state index is -0.611. The maximum absolute atomic E-state index is 11.8. The molecule has 7 nitrogen and oxygen atoms in total. The summed E-state index contributed by atoms with van der Waals surface area (Å²) in [6.45, 7) is 1.49. The molecule has 2 rings (SSSR count). The van der Waals surface area contributed by atoms with Crippen LogP contribution in [0.15, 0.2) is 24.3 Å². The molecule has 1 aromatic rings. The van der Waals surface area contributed by atoms with E-state index in [0.717, 1.165) is 0 Å². The van der Waals surface area contributed by atoms with Gasteiger partial charge < -0.3 is 24.8 Å². The summed E-state index contributed by atoms with van der Waals surface area (Å²) >= 11 is 0. The molecule has 0 aromatic heterocycles. The van der Waals surface area contributed by atoms with Gasteiger partial charge in [-0.05, 0) is 12.1 Å². The Morgan fingerprint density at radius 2 is 1.90 bits per heavy atom. The molecule has 2 N–H and O–H groups in total. The third kappa shape index (κ3) is 4.64. The Kier molecular flexibility index (Phi) is 5.39. The Morgan fingerprint density at radius 3 is 2.62 bits per heavy atom. The van der Waals surface area contributed by atoms with E-state index in [-0.39, 0.29) is 19.1 Å². The summed E-state index contributed by atoms with van der Waals surface area (Å²) in [4.78, 5) is 24.9. The SMILES string of the molecule is Nc1ccccc1OCC(=O)OCC(=O)N1CCOCC1. The van der Waals surface area contributed by atoms with E-state index in [1.165, 1.54) is 0 Å². The van der Waals surface area contributed by atoms with Crippen molar-refractivity contribution in [2.24, 2.45) is 0 Å². The number of benzene rings is 1. The number of carbonyl (C=O) groups excluding carboxylic acids is 2. The molecule has 1 fully saturated rings. The van der Waals surface area contributed by atoms with Gasteiger partial charge in [-0.3, -0.25) is 4.79 Å². The van der Waals surface area contributed by atoms with Gasteiger partial charge in [-0.2, -0.15) is 0 Å². The Labute approximate surface area is 122 Å². The minimum absolute atomic E-state index is 0.231. The molecule has 21 heavy (non-hydrogen) atoms. The first-order chi connectivity index (χ1) is 10.2. The highest BCUT2D eigenvalue weighted by Crippen LogP contribution is 2.19. The molecular formula is C14H18N2O5. The lowest BCUT2D eigenvalue weighted by Crippen LogP contribution is -2.42. The molecule has 0 aliphatic carbocycles. The van der Waals surface area contributed by atoms with Gasteiger partial charge in [0, 0.05) is 13.1 Å². The Bertz CT molecular complexity index is 500. The minimum Gasteiger partial charge on any atom is -0.480 e. The fraction of sp³-hybridized carbons (Fsp3) is 0.429. The van der Waals surface area contributed by atoms with E-state index in [9.17, 15) is 9.59 Å². The van der Waals surface area contributed by atoms with Crippen LogP contribution >= 0.6 is 0 Å². The van der Waals surface area contributed by atoms with Crippen molar-refractivity contribution in [2.75, 3.05) is 45.3 Å². The topological polar surface area (TPSA) is 91.1 Å². The summed E-state index contributed by atoms with van der Waals surface area (Å²) in [6, 6.07) is 6.84. The molecule has 0 bridgehead atoms. The number of esters is 1. The molecule has 1 saturated heterocycles. The number of hydrogen-bond acceptors (Lipinski definition) is 6. The van der Waals surface area contributed by atoms with Crippen LogP contribution in [-0.4, -0.2) is 56.3 Å². The Morgan fingerprint density at radius 1 is 1.19 bits per heavy atom. The normalized spacial score (nSPS) is 14.6. The second kappa shape index (κ2) is 7.49. The fourth-order valence-corrected chi connectivity index (χ4v) is 1.84. The lowest BCUT2D eigenvalue weighted by atomic mass is 10.3. The highest BCUT2D eigenvalue weighted by molar-refractivity contribution is 5.81. The first-order valence-corrected chi connectivity index (χ1v) is 6.65. The van der Waals surface area contributed by atoms with Crippen LogP contribution in [0.2, 0.25) is 0 Å². The second-order valence-electron chi connectivity index (χ2n) is 4.48. The van der Waals surface area contributed by atoms with E-state index in [0.29, 0.717) is 37.7 Å². The van der Waals surface area contributed by atoms with Crippen molar-refractivity contribution in [3.05, 3.63) is 24.3 Å². The number of morpholine rings is 1. The first-order valence-electron chi connectivity index (χ1n) is 6.65. The van der Waals surface area contributed by atoms with E-state index in [1.807, 2.05) is 0 Å². The van der Waals surface area contributed by atoms with E-state index >= 15 is 0 Å². The molecular weight excluding hydrogens is 276 g/mol. The fourth-order valence-electron chi connectivity index (χ4n) is 1.84. The summed E-state index contributed by atoms with van der Waals surface area (Å²) in [5.41, 5.74) is 6.12. The van der Waals surface area contributed by atoms with E-state index in [1.54, 1.807) is 29.2 Å². The zero-order valence-electron chi connectivity index (χ0n) is 11.6. The van der Waals surface area contributed by atoms with Gasteiger partial charge in [0.05, 0.1) is 18.9 Å². The summed E-state index contributed by atoms with van der Waals surface area (Å²) in [5.74, 6) is -0.431. The van der Waals surface area contributed by atoms with E-state index in [4.69, 9.17) is 19.9 Å². The van der Waals surface area contributed by atoms with Crippen molar-refractivity contribution in [2.45, 2.75) is 0 Å². The van der Waals surface area contributed by atoms with Crippen molar-refractivity contribution < 1.29 is 23.8 Å². The number of ether oxygens (including phenoxy) is 3. The molecule has 0 atom stereocenters. The Balaban J connectivity index is 1.70. The van der Waals surface area contributed by atoms with Gasteiger partial charge in [0.15, 0.2) is 13.2 Å². The number of nitrogens with zero attached hydrogens (tertiary/aromatic N) is 1. The smallest absolute Gasteiger partial charge is 0.344 e.